The summed E-state index contributed by atoms with van der Waals surface area (Å²) in [4.78, 5) is 11.7. The minimum Gasteiger partial charge on any atom is -0.393 e. The number of rotatable bonds is 3. The van der Waals surface area contributed by atoms with E-state index < -0.39 is 0 Å². The van der Waals surface area contributed by atoms with Gasteiger partial charge in [-0.3, -0.25) is 0 Å². The zero-order valence-corrected chi connectivity index (χ0v) is 11.5. The van der Waals surface area contributed by atoms with Crippen LogP contribution in [0, 0.1) is 5.92 Å². The number of halogens is 1. The van der Waals surface area contributed by atoms with Crippen LogP contribution in [0.4, 0.5) is 10.5 Å². The van der Waals surface area contributed by atoms with E-state index in [-0.39, 0.29) is 18.1 Å². The first-order valence-corrected chi connectivity index (χ1v) is 7.01. The van der Waals surface area contributed by atoms with Gasteiger partial charge in [0.2, 0.25) is 0 Å². The summed E-state index contributed by atoms with van der Waals surface area (Å²) < 4.78 is 0. The van der Waals surface area contributed by atoms with E-state index in [9.17, 15) is 9.90 Å². The third-order valence-electron chi connectivity index (χ3n) is 3.48. The summed E-state index contributed by atoms with van der Waals surface area (Å²) in [5, 5.41) is 15.9. The number of benzene rings is 1. The molecule has 1 aliphatic carbocycles. The average Bonchev–Trinajstić information content (AvgIpc) is 2.38. The van der Waals surface area contributed by atoms with Crippen molar-refractivity contribution in [1.82, 2.24) is 5.32 Å². The van der Waals surface area contributed by atoms with E-state index in [4.69, 9.17) is 11.6 Å². The Labute approximate surface area is 118 Å². The average molecular weight is 283 g/mol. The van der Waals surface area contributed by atoms with E-state index in [1.807, 2.05) is 0 Å². The molecule has 0 saturated heterocycles. The Morgan fingerprint density at radius 1 is 1.37 bits per heavy atom. The molecule has 1 fully saturated rings. The third kappa shape index (κ3) is 4.40. The molecule has 1 aliphatic rings. The number of aliphatic hydroxyl groups is 1. The van der Waals surface area contributed by atoms with Crippen LogP contribution < -0.4 is 10.6 Å². The molecule has 2 amide bonds. The van der Waals surface area contributed by atoms with Crippen LogP contribution in [0.5, 0.6) is 0 Å². The minimum atomic E-state index is -0.291. The number of carbonyl (C=O) groups excluding carboxylic acids is 1. The molecular formula is C14H19ClN2O2. The summed E-state index contributed by atoms with van der Waals surface area (Å²) in [5.41, 5.74) is 0.661. The first-order valence-electron chi connectivity index (χ1n) is 6.63. The molecule has 1 aromatic carbocycles. The summed E-state index contributed by atoms with van der Waals surface area (Å²) in [6, 6.07) is 6.74. The van der Waals surface area contributed by atoms with E-state index in [0.29, 0.717) is 17.3 Å². The smallest absolute Gasteiger partial charge is 0.319 e. The van der Waals surface area contributed by atoms with Gasteiger partial charge in [-0.1, -0.05) is 30.5 Å². The van der Waals surface area contributed by atoms with Crippen molar-refractivity contribution in [3.8, 4) is 0 Å². The molecule has 0 aromatic heterocycles. The topological polar surface area (TPSA) is 61.4 Å². The molecule has 5 heteroatoms. The second-order valence-corrected chi connectivity index (χ2v) is 5.39. The van der Waals surface area contributed by atoms with Gasteiger partial charge in [0.15, 0.2) is 0 Å². The lowest BCUT2D eigenvalue weighted by molar-refractivity contribution is 0.0712. The van der Waals surface area contributed by atoms with Crippen molar-refractivity contribution in [2.45, 2.75) is 31.8 Å². The Morgan fingerprint density at radius 2 is 2.16 bits per heavy atom. The second kappa shape index (κ2) is 6.78. The Hall–Kier alpha value is -1.26. The molecule has 0 radical (unpaired) electrons. The van der Waals surface area contributed by atoms with Crippen LogP contribution in [0.1, 0.15) is 25.7 Å². The van der Waals surface area contributed by atoms with Crippen LogP contribution in [0.3, 0.4) is 0 Å². The second-order valence-electron chi connectivity index (χ2n) is 4.96. The molecule has 1 aromatic rings. The summed E-state index contributed by atoms with van der Waals surface area (Å²) in [6.45, 7) is 0.508. The minimum absolute atomic E-state index is 0.166. The first kappa shape index (κ1) is 14.2. The van der Waals surface area contributed by atoms with Gasteiger partial charge in [0, 0.05) is 23.2 Å². The normalized spacial score (nSPS) is 22.8. The highest BCUT2D eigenvalue weighted by Gasteiger charge is 2.23. The maximum atomic E-state index is 11.7. The zero-order chi connectivity index (χ0) is 13.7. The zero-order valence-electron chi connectivity index (χ0n) is 10.7. The number of urea groups is 1. The van der Waals surface area contributed by atoms with Crippen molar-refractivity contribution in [2.24, 2.45) is 5.92 Å². The fourth-order valence-corrected chi connectivity index (χ4v) is 2.58. The van der Waals surface area contributed by atoms with Crippen LogP contribution in [-0.2, 0) is 0 Å². The summed E-state index contributed by atoms with van der Waals surface area (Å²) in [7, 11) is 0. The summed E-state index contributed by atoms with van der Waals surface area (Å²) in [5.74, 6) is 0.166. The molecule has 4 nitrogen and oxygen atoms in total. The van der Waals surface area contributed by atoms with Gasteiger partial charge in [0.1, 0.15) is 0 Å². The van der Waals surface area contributed by atoms with Gasteiger partial charge in [-0.05, 0) is 31.0 Å². The van der Waals surface area contributed by atoms with E-state index in [0.717, 1.165) is 25.7 Å². The number of aliphatic hydroxyl groups excluding tert-OH is 1. The molecule has 2 rings (SSSR count). The highest BCUT2D eigenvalue weighted by atomic mass is 35.5. The number of anilines is 1. The van der Waals surface area contributed by atoms with Crippen LogP contribution in [0.25, 0.3) is 0 Å². The maximum Gasteiger partial charge on any atom is 0.319 e. The van der Waals surface area contributed by atoms with E-state index >= 15 is 0 Å². The monoisotopic (exact) mass is 282 g/mol. The highest BCUT2D eigenvalue weighted by molar-refractivity contribution is 6.30. The van der Waals surface area contributed by atoms with Crippen LogP contribution in [0.2, 0.25) is 5.02 Å². The van der Waals surface area contributed by atoms with Crippen LogP contribution in [0.15, 0.2) is 24.3 Å². The molecule has 104 valence electrons. The summed E-state index contributed by atoms with van der Waals surface area (Å²) >= 11 is 5.84. The predicted octanol–water partition coefficient (Wildman–Crippen LogP) is 3.01. The highest BCUT2D eigenvalue weighted by Crippen LogP contribution is 2.23. The van der Waals surface area contributed by atoms with Gasteiger partial charge in [0.05, 0.1) is 6.10 Å². The Bertz CT molecular complexity index is 439. The molecule has 0 heterocycles. The van der Waals surface area contributed by atoms with Crippen molar-refractivity contribution >= 4 is 23.3 Å². The lowest BCUT2D eigenvalue weighted by atomic mass is 9.86. The number of carbonyl (C=O) groups is 1. The van der Waals surface area contributed by atoms with Crippen molar-refractivity contribution in [1.29, 1.82) is 0 Å². The van der Waals surface area contributed by atoms with Crippen molar-refractivity contribution in [2.75, 3.05) is 11.9 Å². The molecule has 0 spiro atoms. The molecule has 0 bridgehead atoms. The van der Waals surface area contributed by atoms with Gasteiger partial charge in [-0.15, -0.1) is 0 Å². The molecule has 19 heavy (non-hydrogen) atoms. The maximum absolute atomic E-state index is 11.7. The van der Waals surface area contributed by atoms with Crippen molar-refractivity contribution in [3.63, 3.8) is 0 Å². The molecule has 1 saturated carbocycles. The van der Waals surface area contributed by atoms with E-state index in [1.54, 1.807) is 24.3 Å². The fourth-order valence-electron chi connectivity index (χ4n) is 2.39. The first-order chi connectivity index (χ1) is 9.15. The van der Waals surface area contributed by atoms with Crippen molar-refractivity contribution in [3.05, 3.63) is 29.3 Å². The van der Waals surface area contributed by atoms with Crippen LogP contribution in [-0.4, -0.2) is 23.8 Å². The number of amides is 2. The van der Waals surface area contributed by atoms with E-state index in [2.05, 4.69) is 10.6 Å². The lowest BCUT2D eigenvalue weighted by Crippen LogP contribution is -2.38. The Morgan fingerprint density at radius 3 is 2.89 bits per heavy atom. The number of hydrogen-bond donors (Lipinski definition) is 3. The van der Waals surface area contributed by atoms with Gasteiger partial charge in [0.25, 0.3) is 0 Å². The predicted molar refractivity (Wildman–Crippen MR) is 76.4 cm³/mol. The van der Waals surface area contributed by atoms with Gasteiger partial charge in [-0.2, -0.15) is 0 Å². The van der Waals surface area contributed by atoms with Crippen LogP contribution >= 0.6 is 11.6 Å². The SMILES string of the molecule is O=C(NCC1CCCCC1O)Nc1cccc(Cl)c1. The number of nitrogens with one attached hydrogen (secondary N) is 2. The quantitative estimate of drug-likeness (QED) is 0.798. The fraction of sp³-hybridized carbons (Fsp3) is 0.500. The van der Waals surface area contributed by atoms with Gasteiger partial charge >= 0.3 is 6.03 Å². The standard InChI is InChI=1S/C14H19ClN2O2/c15-11-5-3-6-12(8-11)17-14(19)16-9-10-4-1-2-7-13(10)18/h3,5-6,8,10,13,18H,1-2,4,7,9H2,(H2,16,17,19). The molecule has 2 unspecified atom stereocenters. The molecule has 2 atom stereocenters. The number of hydrogen-bond acceptors (Lipinski definition) is 2. The molecule has 0 aliphatic heterocycles. The van der Waals surface area contributed by atoms with E-state index in [1.165, 1.54) is 0 Å². The molecule has 3 N–H and O–H groups in total. The van der Waals surface area contributed by atoms with Gasteiger partial charge < -0.3 is 15.7 Å². The lowest BCUT2D eigenvalue weighted by Gasteiger charge is -2.27. The largest absolute Gasteiger partial charge is 0.393 e. The third-order valence-corrected chi connectivity index (χ3v) is 3.71. The van der Waals surface area contributed by atoms with Crippen molar-refractivity contribution < 1.29 is 9.90 Å². The molecular weight excluding hydrogens is 264 g/mol. The van der Waals surface area contributed by atoms with Gasteiger partial charge in [-0.25, -0.2) is 4.79 Å². The Kier molecular flexibility index (Phi) is 5.05. The Balaban J connectivity index is 1.78. The summed E-state index contributed by atoms with van der Waals surface area (Å²) in [6.07, 6.45) is 3.72.